The Hall–Kier alpha value is -4.96. The third kappa shape index (κ3) is 6.05. The number of rotatable bonds is 8. The number of nitrogens with one attached hydrogen (secondary N) is 3. The van der Waals surface area contributed by atoms with Crippen LogP contribution in [0.4, 0.5) is 21.9 Å². The van der Waals surface area contributed by atoms with Gasteiger partial charge in [-0.15, -0.1) is 0 Å². The number of aromatic nitrogens is 1. The maximum absolute atomic E-state index is 13.7. The number of nitrogens with zero attached hydrogens (tertiary/aromatic N) is 1. The van der Waals surface area contributed by atoms with Gasteiger partial charge < -0.3 is 15.4 Å². The molecule has 4 N–H and O–H groups in total. The number of carbonyl (C=O) groups is 2. The molecule has 1 unspecified atom stereocenters. The number of anilines is 2. The Morgan fingerprint density at radius 2 is 1.61 bits per heavy atom. The molecule has 0 aliphatic heterocycles. The van der Waals surface area contributed by atoms with Crippen LogP contribution >= 0.6 is 11.6 Å². The van der Waals surface area contributed by atoms with Crippen molar-refractivity contribution in [1.82, 2.24) is 4.98 Å². The zero-order valence-electron chi connectivity index (χ0n) is 19.7. The topological polar surface area (TPSA) is 154 Å². The minimum Gasteiger partial charge on any atom is -0.465 e. The van der Waals surface area contributed by atoms with Gasteiger partial charge in [-0.25, -0.2) is 4.79 Å². The number of carbonyl (C=O) groups excluding carboxylic acids is 1. The summed E-state index contributed by atoms with van der Waals surface area (Å²) in [6, 6.07) is 20.6. The minimum atomic E-state index is -1.23. The van der Waals surface area contributed by atoms with Gasteiger partial charge in [-0.2, -0.15) is 0 Å². The van der Waals surface area contributed by atoms with E-state index in [0.717, 1.165) is 5.56 Å². The Morgan fingerprint density at radius 3 is 2.24 bits per heavy atom. The highest BCUT2D eigenvalue weighted by Crippen LogP contribution is 2.37. The highest BCUT2D eigenvalue weighted by Gasteiger charge is 2.30. The van der Waals surface area contributed by atoms with Gasteiger partial charge in [0.05, 0.1) is 16.4 Å². The number of hydrogen-bond donors (Lipinski definition) is 4. The molecular weight excluding hydrogens is 512 g/mol. The highest BCUT2D eigenvalue weighted by molar-refractivity contribution is 6.31. The lowest BCUT2D eigenvalue weighted by atomic mass is 9.86. The molecule has 0 aliphatic rings. The summed E-state index contributed by atoms with van der Waals surface area (Å²) < 4.78 is 0. The fourth-order valence-corrected chi connectivity index (χ4v) is 4.29. The maximum Gasteiger partial charge on any atom is 0.409 e. The summed E-state index contributed by atoms with van der Waals surface area (Å²) in [7, 11) is 0. The summed E-state index contributed by atoms with van der Waals surface area (Å²) in [5.74, 6) is -1.58. The van der Waals surface area contributed by atoms with Gasteiger partial charge in [0, 0.05) is 34.2 Å². The number of nitro benzene ring substituents is 1. The lowest BCUT2D eigenvalue weighted by molar-refractivity contribution is -0.384. The van der Waals surface area contributed by atoms with Crippen LogP contribution in [0.5, 0.6) is 0 Å². The Morgan fingerprint density at radius 1 is 0.947 bits per heavy atom. The third-order valence-electron chi connectivity index (χ3n) is 5.80. The molecule has 1 aromatic heterocycles. The van der Waals surface area contributed by atoms with Gasteiger partial charge in [0.1, 0.15) is 0 Å². The summed E-state index contributed by atoms with van der Waals surface area (Å²) in [5.41, 5.74) is 0.971. The van der Waals surface area contributed by atoms with Gasteiger partial charge >= 0.3 is 6.09 Å². The van der Waals surface area contributed by atoms with Crippen molar-refractivity contribution in [3.63, 3.8) is 0 Å². The van der Waals surface area contributed by atoms with Crippen LogP contribution in [0.1, 0.15) is 17.0 Å². The number of halogens is 1. The zero-order chi connectivity index (χ0) is 27.2. The molecule has 192 valence electrons. The molecule has 0 aliphatic carbocycles. The van der Waals surface area contributed by atoms with Crippen molar-refractivity contribution in [2.75, 3.05) is 10.6 Å². The van der Waals surface area contributed by atoms with Crippen LogP contribution in [0, 0.1) is 10.1 Å². The van der Waals surface area contributed by atoms with Crippen molar-refractivity contribution in [2.24, 2.45) is 0 Å². The number of carboxylic acid groups (broad SMARTS) is 1. The summed E-state index contributed by atoms with van der Waals surface area (Å²) >= 11 is 6.16. The molecule has 10 nitrogen and oxygen atoms in total. The molecule has 0 fully saturated rings. The minimum absolute atomic E-state index is 0.0448. The molecule has 0 spiro atoms. The second kappa shape index (κ2) is 11.4. The Labute approximate surface area is 221 Å². The molecule has 1 atom stereocenters. The Bertz CT molecular complexity index is 1550. The highest BCUT2D eigenvalue weighted by atomic mass is 35.5. The fourth-order valence-electron chi connectivity index (χ4n) is 4.12. The van der Waals surface area contributed by atoms with Gasteiger partial charge in [-0.3, -0.25) is 25.0 Å². The Kier molecular flexibility index (Phi) is 7.83. The van der Waals surface area contributed by atoms with Crippen LogP contribution in [0.25, 0.3) is 11.1 Å². The van der Waals surface area contributed by atoms with Gasteiger partial charge in [0.2, 0.25) is 5.91 Å². The molecular formula is C27H21ClN4O6. The van der Waals surface area contributed by atoms with Crippen molar-refractivity contribution in [3.05, 3.63) is 122 Å². The molecule has 0 saturated carbocycles. The number of benzene rings is 3. The van der Waals surface area contributed by atoms with Crippen LogP contribution < -0.4 is 16.2 Å². The van der Waals surface area contributed by atoms with E-state index < -0.39 is 28.4 Å². The van der Waals surface area contributed by atoms with E-state index in [-0.39, 0.29) is 33.8 Å². The fraction of sp³-hybridized carbons (Fsp3) is 0.0741. The number of amides is 2. The number of pyridine rings is 1. The van der Waals surface area contributed by atoms with Crippen LogP contribution in [-0.2, 0) is 11.2 Å². The van der Waals surface area contributed by atoms with Crippen molar-refractivity contribution in [3.8, 4) is 11.1 Å². The molecule has 0 radical (unpaired) electrons. The number of aromatic amines is 1. The first-order chi connectivity index (χ1) is 18.2. The van der Waals surface area contributed by atoms with Gasteiger partial charge in [0.15, 0.2) is 0 Å². The normalized spacial score (nSPS) is 11.4. The van der Waals surface area contributed by atoms with E-state index in [1.165, 1.54) is 54.7 Å². The first-order valence-corrected chi connectivity index (χ1v) is 11.7. The number of nitro groups is 1. The van der Waals surface area contributed by atoms with E-state index in [1.807, 2.05) is 18.2 Å². The maximum atomic E-state index is 13.7. The summed E-state index contributed by atoms with van der Waals surface area (Å²) in [6.07, 6.45) is 0.257. The van der Waals surface area contributed by atoms with Crippen molar-refractivity contribution < 1.29 is 19.6 Å². The standard InChI is InChI=1S/C27H21ClN4O6/c28-17-6-11-23(32(37)38)21(15-17)20-12-13-29-26(34)24(20)22(14-16-4-2-1-3-5-16)25(33)30-18-7-9-19(10-8-18)31-27(35)36/h1-13,15,22,31H,14H2,(H,29,34)(H,30,33)(H,35,36). The average Bonchev–Trinajstić information content (AvgIpc) is 2.88. The van der Waals surface area contributed by atoms with Crippen molar-refractivity contribution in [1.29, 1.82) is 0 Å². The quantitative estimate of drug-likeness (QED) is 0.169. The van der Waals surface area contributed by atoms with Gasteiger partial charge in [-0.05, 0) is 60.0 Å². The van der Waals surface area contributed by atoms with E-state index in [9.17, 15) is 24.5 Å². The van der Waals surface area contributed by atoms with Gasteiger partial charge in [0.25, 0.3) is 11.2 Å². The largest absolute Gasteiger partial charge is 0.465 e. The SMILES string of the molecule is O=C(O)Nc1ccc(NC(=O)C(Cc2ccccc2)c2c(-c3cc(Cl)ccc3[N+](=O)[O-])cc[nH]c2=O)cc1. The molecule has 38 heavy (non-hydrogen) atoms. The number of H-pyrrole nitrogens is 1. The predicted molar refractivity (Wildman–Crippen MR) is 144 cm³/mol. The molecule has 3 aromatic carbocycles. The van der Waals surface area contributed by atoms with Crippen LogP contribution in [0.15, 0.2) is 89.9 Å². The molecule has 0 bridgehead atoms. The molecule has 4 aromatic rings. The number of hydrogen-bond acceptors (Lipinski definition) is 5. The van der Waals surface area contributed by atoms with Gasteiger partial charge in [-0.1, -0.05) is 41.9 Å². The lowest BCUT2D eigenvalue weighted by Gasteiger charge is -2.20. The molecule has 0 saturated heterocycles. The van der Waals surface area contributed by atoms with E-state index in [2.05, 4.69) is 15.6 Å². The van der Waals surface area contributed by atoms with Crippen LogP contribution in [0.3, 0.4) is 0 Å². The molecule has 1 heterocycles. The molecule has 11 heteroatoms. The van der Waals surface area contributed by atoms with E-state index in [4.69, 9.17) is 16.7 Å². The smallest absolute Gasteiger partial charge is 0.409 e. The third-order valence-corrected chi connectivity index (χ3v) is 6.03. The summed E-state index contributed by atoms with van der Waals surface area (Å²) in [6.45, 7) is 0. The van der Waals surface area contributed by atoms with Crippen LogP contribution in [0.2, 0.25) is 5.02 Å². The summed E-state index contributed by atoms with van der Waals surface area (Å²) in [4.78, 5) is 51.5. The zero-order valence-corrected chi connectivity index (χ0v) is 20.4. The van der Waals surface area contributed by atoms with Crippen molar-refractivity contribution >= 4 is 40.7 Å². The average molecular weight is 533 g/mol. The summed E-state index contributed by atoms with van der Waals surface area (Å²) in [5, 5.41) is 25.9. The lowest BCUT2D eigenvalue weighted by Crippen LogP contribution is -2.29. The first-order valence-electron chi connectivity index (χ1n) is 11.3. The molecule has 4 rings (SSSR count). The monoisotopic (exact) mass is 532 g/mol. The van der Waals surface area contributed by atoms with E-state index in [0.29, 0.717) is 11.4 Å². The second-order valence-electron chi connectivity index (χ2n) is 8.29. The van der Waals surface area contributed by atoms with E-state index >= 15 is 0 Å². The predicted octanol–water partition coefficient (Wildman–Crippen LogP) is 5.66. The van der Waals surface area contributed by atoms with E-state index in [1.54, 1.807) is 12.1 Å². The molecule has 2 amide bonds. The van der Waals surface area contributed by atoms with Crippen molar-refractivity contribution in [2.45, 2.75) is 12.3 Å². The first kappa shape index (κ1) is 26.1. The van der Waals surface area contributed by atoms with Crippen LogP contribution in [-0.4, -0.2) is 27.0 Å². The second-order valence-corrected chi connectivity index (χ2v) is 8.73. The Balaban J connectivity index is 1.81.